The van der Waals surface area contributed by atoms with E-state index in [9.17, 15) is 9.59 Å². The minimum atomic E-state index is -0.150. The standard InChI is InChI=1S/C13H18N2O2/c1-3-9-15(10-12(16)14-2)13(17)11-7-5-4-6-8-11/h4-8H,3,9-10H2,1-2H3,(H,14,16). The van der Waals surface area contributed by atoms with Gasteiger partial charge in [-0.15, -0.1) is 0 Å². The lowest BCUT2D eigenvalue weighted by Gasteiger charge is -2.21. The minimum Gasteiger partial charge on any atom is -0.358 e. The predicted octanol–water partition coefficient (Wildman–Crippen LogP) is 1.28. The Morgan fingerprint density at radius 2 is 1.88 bits per heavy atom. The molecule has 17 heavy (non-hydrogen) atoms. The lowest BCUT2D eigenvalue weighted by molar-refractivity contribution is -0.121. The number of hydrogen-bond donors (Lipinski definition) is 1. The highest BCUT2D eigenvalue weighted by atomic mass is 16.2. The number of nitrogens with zero attached hydrogens (tertiary/aromatic N) is 1. The van der Waals surface area contributed by atoms with Gasteiger partial charge in [-0.25, -0.2) is 0 Å². The van der Waals surface area contributed by atoms with E-state index in [-0.39, 0.29) is 18.4 Å². The van der Waals surface area contributed by atoms with Gasteiger partial charge in [-0.1, -0.05) is 25.1 Å². The normalized spacial score (nSPS) is 9.76. The van der Waals surface area contributed by atoms with Crippen LogP contribution in [0.2, 0.25) is 0 Å². The van der Waals surface area contributed by atoms with Crippen LogP contribution in [-0.2, 0) is 4.79 Å². The molecule has 0 aliphatic heterocycles. The monoisotopic (exact) mass is 234 g/mol. The molecule has 0 bridgehead atoms. The van der Waals surface area contributed by atoms with Gasteiger partial charge in [0.2, 0.25) is 5.91 Å². The molecule has 4 nitrogen and oxygen atoms in total. The van der Waals surface area contributed by atoms with E-state index >= 15 is 0 Å². The van der Waals surface area contributed by atoms with Crippen LogP contribution in [0, 0.1) is 0 Å². The number of benzene rings is 1. The first kappa shape index (κ1) is 13.2. The molecule has 1 N–H and O–H groups in total. The van der Waals surface area contributed by atoms with Crippen LogP contribution in [0.3, 0.4) is 0 Å². The van der Waals surface area contributed by atoms with Crippen molar-refractivity contribution in [2.45, 2.75) is 13.3 Å². The average molecular weight is 234 g/mol. The average Bonchev–Trinajstić information content (AvgIpc) is 2.38. The van der Waals surface area contributed by atoms with Gasteiger partial charge >= 0.3 is 0 Å². The summed E-state index contributed by atoms with van der Waals surface area (Å²) >= 11 is 0. The van der Waals surface area contributed by atoms with Crippen molar-refractivity contribution < 1.29 is 9.59 Å². The van der Waals surface area contributed by atoms with Gasteiger partial charge in [-0.3, -0.25) is 9.59 Å². The van der Waals surface area contributed by atoms with Crippen LogP contribution in [0.4, 0.5) is 0 Å². The van der Waals surface area contributed by atoms with Crippen LogP contribution < -0.4 is 5.32 Å². The van der Waals surface area contributed by atoms with Gasteiger partial charge < -0.3 is 10.2 Å². The molecule has 92 valence electrons. The smallest absolute Gasteiger partial charge is 0.254 e. The fourth-order valence-corrected chi connectivity index (χ4v) is 1.54. The van der Waals surface area contributed by atoms with Gasteiger partial charge in [0.25, 0.3) is 5.91 Å². The van der Waals surface area contributed by atoms with Crippen molar-refractivity contribution in [3.05, 3.63) is 35.9 Å². The molecule has 1 aromatic carbocycles. The molecule has 0 aromatic heterocycles. The maximum Gasteiger partial charge on any atom is 0.254 e. The molecule has 0 aliphatic rings. The molecule has 0 saturated heterocycles. The third-order valence-electron chi connectivity index (χ3n) is 2.41. The zero-order valence-electron chi connectivity index (χ0n) is 10.3. The van der Waals surface area contributed by atoms with E-state index in [1.54, 1.807) is 24.1 Å². The highest BCUT2D eigenvalue weighted by molar-refractivity contribution is 5.96. The van der Waals surface area contributed by atoms with Crippen molar-refractivity contribution in [3.8, 4) is 0 Å². The van der Waals surface area contributed by atoms with Crippen LogP contribution in [0.15, 0.2) is 30.3 Å². The first-order chi connectivity index (χ1) is 8.19. The Labute approximate surface area is 102 Å². The van der Waals surface area contributed by atoms with E-state index < -0.39 is 0 Å². The Balaban J connectivity index is 2.77. The van der Waals surface area contributed by atoms with Crippen molar-refractivity contribution in [1.29, 1.82) is 0 Å². The molecule has 0 atom stereocenters. The molecule has 0 fully saturated rings. The molecular weight excluding hydrogens is 216 g/mol. The molecule has 0 saturated carbocycles. The molecule has 1 rings (SSSR count). The number of carbonyl (C=O) groups excluding carboxylic acids is 2. The first-order valence-corrected chi connectivity index (χ1v) is 5.74. The topological polar surface area (TPSA) is 49.4 Å². The second-order valence-electron chi connectivity index (χ2n) is 3.77. The fraction of sp³-hybridized carbons (Fsp3) is 0.385. The van der Waals surface area contributed by atoms with Crippen LogP contribution in [0.25, 0.3) is 0 Å². The molecule has 0 aliphatic carbocycles. The lowest BCUT2D eigenvalue weighted by atomic mass is 10.2. The van der Waals surface area contributed by atoms with Crippen molar-refractivity contribution in [3.63, 3.8) is 0 Å². The molecule has 0 unspecified atom stereocenters. The van der Waals surface area contributed by atoms with Gasteiger partial charge in [-0.05, 0) is 18.6 Å². The third-order valence-corrected chi connectivity index (χ3v) is 2.41. The van der Waals surface area contributed by atoms with Gasteiger partial charge in [-0.2, -0.15) is 0 Å². The maximum atomic E-state index is 12.1. The summed E-state index contributed by atoms with van der Waals surface area (Å²) in [6, 6.07) is 9.01. The van der Waals surface area contributed by atoms with Crippen molar-refractivity contribution in [2.75, 3.05) is 20.1 Å². The summed E-state index contributed by atoms with van der Waals surface area (Å²) in [5.41, 5.74) is 0.616. The second kappa shape index (κ2) is 6.68. The summed E-state index contributed by atoms with van der Waals surface area (Å²) in [5.74, 6) is -0.251. The minimum absolute atomic E-state index is 0.101. The number of nitrogens with one attached hydrogen (secondary N) is 1. The Morgan fingerprint density at radius 3 is 2.41 bits per heavy atom. The number of carbonyl (C=O) groups is 2. The van der Waals surface area contributed by atoms with Crippen molar-refractivity contribution >= 4 is 11.8 Å². The van der Waals surface area contributed by atoms with E-state index in [2.05, 4.69) is 5.32 Å². The summed E-state index contributed by atoms with van der Waals surface area (Å²) < 4.78 is 0. The van der Waals surface area contributed by atoms with E-state index in [1.165, 1.54) is 0 Å². The van der Waals surface area contributed by atoms with E-state index in [1.807, 2.05) is 25.1 Å². The van der Waals surface area contributed by atoms with Crippen LogP contribution in [0.1, 0.15) is 23.7 Å². The molecule has 2 amide bonds. The predicted molar refractivity (Wildman–Crippen MR) is 66.7 cm³/mol. The molecule has 1 aromatic rings. The van der Waals surface area contributed by atoms with Gasteiger partial charge in [0.15, 0.2) is 0 Å². The summed E-state index contributed by atoms with van der Waals surface area (Å²) in [7, 11) is 1.57. The van der Waals surface area contributed by atoms with Crippen molar-refractivity contribution in [2.24, 2.45) is 0 Å². The summed E-state index contributed by atoms with van der Waals surface area (Å²) in [6.45, 7) is 2.67. The number of amides is 2. The quantitative estimate of drug-likeness (QED) is 0.834. The third kappa shape index (κ3) is 3.90. The SMILES string of the molecule is CCCN(CC(=O)NC)C(=O)c1ccccc1. The van der Waals surface area contributed by atoms with Gasteiger partial charge in [0.05, 0.1) is 6.54 Å². The Hall–Kier alpha value is -1.84. The van der Waals surface area contributed by atoms with Gasteiger partial charge in [0.1, 0.15) is 0 Å². The van der Waals surface area contributed by atoms with E-state index in [4.69, 9.17) is 0 Å². The highest BCUT2D eigenvalue weighted by Gasteiger charge is 2.16. The highest BCUT2D eigenvalue weighted by Crippen LogP contribution is 2.05. The fourth-order valence-electron chi connectivity index (χ4n) is 1.54. The van der Waals surface area contributed by atoms with E-state index in [0.717, 1.165) is 6.42 Å². The molecule has 4 heteroatoms. The molecule has 0 spiro atoms. The second-order valence-corrected chi connectivity index (χ2v) is 3.77. The number of likely N-dealkylation sites (N-methyl/N-ethyl adjacent to an activating group) is 1. The zero-order valence-corrected chi connectivity index (χ0v) is 10.3. The van der Waals surface area contributed by atoms with Crippen LogP contribution >= 0.6 is 0 Å². The lowest BCUT2D eigenvalue weighted by Crippen LogP contribution is -2.40. The van der Waals surface area contributed by atoms with Crippen molar-refractivity contribution in [1.82, 2.24) is 10.2 Å². The largest absolute Gasteiger partial charge is 0.358 e. The molecular formula is C13H18N2O2. The number of rotatable bonds is 5. The Morgan fingerprint density at radius 1 is 1.24 bits per heavy atom. The summed E-state index contributed by atoms with van der Waals surface area (Å²) in [4.78, 5) is 25.0. The summed E-state index contributed by atoms with van der Waals surface area (Å²) in [6.07, 6.45) is 0.829. The first-order valence-electron chi connectivity index (χ1n) is 5.74. The molecule has 0 radical (unpaired) electrons. The molecule has 0 heterocycles. The maximum absolute atomic E-state index is 12.1. The van der Waals surface area contributed by atoms with Crippen LogP contribution in [0.5, 0.6) is 0 Å². The zero-order chi connectivity index (χ0) is 12.7. The van der Waals surface area contributed by atoms with Gasteiger partial charge in [0, 0.05) is 19.2 Å². The number of hydrogen-bond acceptors (Lipinski definition) is 2. The van der Waals surface area contributed by atoms with Crippen LogP contribution in [-0.4, -0.2) is 36.9 Å². The Bertz CT molecular complexity index is 376. The van der Waals surface area contributed by atoms with E-state index in [0.29, 0.717) is 12.1 Å². The summed E-state index contributed by atoms with van der Waals surface area (Å²) in [5, 5.41) is 2.53. The Kier molecular flexibility index (Phi) is 5.20.